The Kier molecular flexibility index (Phi) is 2.55. The zero-order chi connectivity index (χ0) is 10.8. The van der Waals surface area contributed by atoms with E-state index in [2.05, 4.69) is 34.2 Å². The Bertz CT molecular complexity index is 462. The van der Waals surface area contributed by atoms with E-state index in [1.54, 1.807) is 0 Å². The Morgan fingerprint density at radius 2 is 2.33 bits per heavy atom. The fourth-order valence-electron chi connectivity index (χ4n) is 1.47. The van der Waals surface area contributed by atoms with Crippen LogP contribution in [0.5, 0.6) is 0 Å². The minimum Gasteiger partial charge on any atom is -0.346 e. The van der Waals surface area contributed by atoms with Gasteiger partial charge in [0.25, 0.3) is 0 Å². The molecular weight excluding hydrogens is 190 g/mol. The highest BCUT2D eigenvalue weighted by molar-refractivity contribution is 5.86. The molecule has 0 aromatic carbocycles. The molecule has 4 N–H and O–H groups in total. The Morgan fingerprint density at radius 3 is 3.00 bits per heavy atom. The number of rotatable bonds is 3. The maximum absolute atomic E-state index is 5.43. The quantitative estimate of drug-likeness (QED) is 0.527. The van der Waals surface area contributed by atoms with Crippen LogP contribution in [-0.4, -0.2) is 15.0 Å². The van der Waals surface area contributed by atoms with Gasteiger partial charge < -0.3 is 10.4 Å². The molecule has 0 saturated heterocycles. The van der Waals surface area contributed by atoms with E-state index in [0.29, 0.717) is 11.7 Å². The van der Waals surface area contributed by atoms with E-state index in [9.17, 15) is 0 Å². The lowest BCUT2D eigenvalue weighted by molar-refractivity contribution is 0.683. The summed E-state index contributed by atoms with van der Waals surface area (Å²) in [6, 6.07) is 1.91. The zero-order valence-electron chi connectivity index (χ0n) is 8.91. The van der Waals surface area contributed by atoms with Gasteiger partial charge in [0.1, 0.15) is 11.5 Å². The number of H-pyrrole nitrogens is 1. The number of anilines is 1. The molecule has 15 heavy (non-hydrogen) atoms. The van der Waals surface area contributed by atoms with Crippen molar-refractivity contribution >= 4 is 16.9 Å². The first-order chi connectivity index (χ1) is 7.26. The fourth-order valence-corrected chi connectivity index (χ4v) is 1.47. The standard InChI is InChI=1S/C10H15N5/c1-3-6(2)8-13-9-7(4-5-12-9)10(14-8)15-11/h4-6H,3,11H2,1-2H3,(H2,12,13,14,15)/t6-/m0/s1. The number of fused-ring (bicyclic) bond motifs is 1. The van der Waals surface area contributed by atoms with Crippen LogP contribution in [0, 0.1) is 0 Å². The van der Waals surface area contributed by atoms with Crippen molar-refractivity contribution in [3.63, 3.8) is 0 Å². The summed E-state index contributed by atoms with van der Waals surface area (Å²) in [7, 11) is 0. The molecule has 0 radical (unpaired) electrons. The van der Waals surface area contributed by atoms with Crippen LogP contribution in [0.15, 0.2) is 12.3 Å². The zero-order valence-corrected chi connectivity index (χ0v) is 8.91. The predicted molar refractivity (Wildman–Crippen MR) is 60.4 cm³/mol. The summed E-state index contributed by atoms with van der Waals surface area (Å²) in [5.41, 5.74) is 3.43. The molecule has 0 amide bonds. The number of hydrogen-bond acceptors (Lipinski definition) is 4. The second-order valence-corrected chi connectivity index (χ2v) is 3.62. The lowest BCUT2D eigenvalue weighted by Gasteiger charge is -2.09. The van der Waals surface area contributed by atoms with Crippen LogP contribution in [0.4, 0.5) is 5.82 Å². The highest BCUT2D eigenvalue weighted by Crippen LogP contribution is 2.22. The summed E-state index contributed by atoms with van der Waals surface area (Å²) in [5, 5.41) is 0.921. The summed E-state index contributed by atoms with van der Waals surface area (Å²) >= 11 is 0. The molecule has 2 aromatic rings. The van der Waals surface area contributed by atoms with Gasteiger partial charge in [0.05, 0.1) is 5.39 Å². The van der Waals surface area contributed by atoms with E-state index >= 15 is 0 Å². The van der Waals surface area contributed by atoms with Gasteiger partial charge in [0.15, 0.2) is 5.82 Å². The first-order valence-corrected chi connectivity index (χ1v) is 5.08. The Hall–Kier alpha value is -1.62. The topological polar surface area (TPSA) is 79.6 Å². The molecule has 2 aromatic heterocycles. The van der Waals surface area contributed by atoms with Crippen molar-refractivity contribution in [2.45, 2.75) is 26.2 Å². The minimum absolute atomic E-state index is 0.338. The molecule has 80 valence electrons. The van der Waals surface area contributed by atoms with Crippen LogP contribution in [-0.2, 0) is 0 Å². The molecule has 0 spiro atoms. The van der Waals surface area contributed by atoms with Crippen LogP contribution in [0.1, 0.15) is 32.0 Å². The number of nitrogen functional groups attached to an aromatic ring is 1. The number of nitrogens with one attached hydrogen (secondary N) is 2. The maximum atomic E-state index is 5.43. The van der Waals surface area contributed by atoms with Gasteiger partial charge in [-0.1, -0.05) is 13.8 Å². The summed E-state index contributed by atoms with van der Waals surface area (Å²) < 4.78 is 0. The average molecular weight is 205 g/mol. The SMILES string of the molecule is CC[C@H](C)c1nc(NN)c2cc[nH]c2n1. The number of hydrazine groups is 1. The van der Waals surface area contributed by atoms with Crippen LogP contribution < -0.4 is 11.3 Å². The highest BCUT2D eigenvalue weighted by atomic mass is 15.3. The van der Waals surface area contributed by atoms with Crippen molar-refractivity contribution in [3.8, 4) is 0 Å². The van der Waals surface area contributed by atoms with Crippen LogP contribution in [0.3, 0.4) is 0 Å². The van der Waals surface area contributed by atoms with Gasteiger partial charge in [-0.3, -0.25) is 0 Å². The second kappa shape index (κ2) is 3.86. The average Bonchev–Trinajstić information content (AvgIpc) is 2.74. The number of nitrogens with two attached hydrogens (primary N) is 1. The second-order valence-electron chi connectivity index (χ2n) is 3.62. The van der Waals surface area contributed by atoms with Gasteiger partial charge in [-0.05, 0) is 12.5 Å². The van der Waals surface area contributed by atoms with E-state index in [0.717, 1.165) is 23.3 Å². The number of nitrogens with zero attached hydrogens (tertiary/aromatic N) is 2. The molecule has 1 atom stereocenters. The number of aromatic nitrogens is 3. The van der Waals surface area contributed by atoms with Crippen molar-refractivity contribution in [2.75, 3.05) is 5.43 Å². The first-order valence-electron chi connectivity index (χ1n) is 5.08. The summed E-state index contributed by atoms with van der Waals surface area (Å²) in [5.74, 6) is 7.27. The molecule has 5 nitrogen and oxygen atoms in total. The third kappa shape index (κ3) is 1.66. The largest absolute Gasteiger partial charge is 0.346 e. The normalized spacial score (nSPS) is 13.0. The van der Waals surface area contributed by atoms with Gasteiger partial charge in [-0.25, -0.2) is 15.8 Å². The number of aromatic amines is 1. The predicted octanol–water partition coefficient (Wildman–Crippen LogP) is 1.76. The Morgan fingerprint density at radius 1 is 1.53 bits per heavy atom. The molecule has 0 fully saturated rings. The van der Waals surface area contributed by atoms with E-state index in [4.69, 9.17) is 5.84 Å². The molecular formula is C10H15N5. The molecule has 0 aliphatic heterocycles. The monoisotopic (exact) mass is 205 g/mol. The minimum atomic E-state index is 0.338. The Balaban J connectivity index is 2.58. The maximum Gasteiger partial charge on any atom is 0.153 e. The van der Waals surface area contributed by atoms with Crippen molar-refractivity contribution in [3.05, 3.63) is 18.1 Å². The third-order valence-corrected chi connectivity index (χ3v) is 2.62. The van der Waals surface area contributed by atoms with Crippen molar-refractivity contribution in [1.29, 1.82) is 0 Å². The first kappa shape index (κ1) is 9.92. The molecule has 0 aliphatic rings. The van der Waals surface area contributed by atoms with Crippen LogP contribution >= 0.6 is 0 Å². The summed E-state index contributed by atoms with van der Waals surface area (Å²) in [4.78, 5) is 11.9. The Labute approximate surface area is 88.1 Å². The smallest absolute Gasteiger partial charge is 0.153 e. The molecule has 0 aliphatic carbocycles. The molecule has 5 heteroatoms. The van der Waals surface area contributed by atoms with Crippen LogP contribution in [0.25, 0.3) is 11.0 Å². The molecule has 0 saturated carbocycles. The van der Waals surface area contributed by atoms with Gasteiger partial charge in [0.2, 0.25) is 0 Å². The summed E-state index contributed by atoms with van der Waals surface area (Å²) in [6.07, 6.45) is 2.84. The third-order valence-electron chi connectivity index (χ3n) is 2.62. The van der Waals surface area contributed by atoms with E-state index < -0.39 is 0 Å². The molecule has 0 unspecified atom stereocenters. The van der Waals surface area contributed by atoms with E-state index in [1.807, 2.05) is 12.3 Å². The van der Waals surface area contributed by atoms with Crippen LogP contribution in [0.2, 0.25) is 0 Å². The molecule has 2 heterocycles. The van der Waals surface area contributed by atoms with Crippen molar-refractivity contribution in [2.24, 2.45) is 5.84 Å². The van der Waals surface area contributed by atoms with E-state index in [-0.39, 0.29) is 0 Å². The highest BCUT2D eigenvalue weighted by Gasteiger charge is 2.11. The lowest BCUT2D eigenvalue weighted by atomic mass is 10.1. The molecule has 2 rings (SSSR count). The number of hydrogen-bond donors (Lipinski definition) is 3. The summed E-state index contributed by atoms with van der Waals surface area (Å²) in [6.45, 7) is 4.22. The van der Waals surface area contributed by atoms with Gasteiger partial charge in [0, 0.05) is 12.1 Å². The van der Waals surface area contributed by atoms with Crippen molar-refractivity contribution in [1.82, 2.24) is 15.0 Å². The lowest BCUT2D eigenvalue weighted by Crippen LogP contribution is -2.11. The van der Waals surface area contributed by atoms with Gasteiger partial charge >= 0.3 is 0 Å². The van der Waals surface area contributed by atoms with Gasteiger partial charge in [-0.2, -0.15) is 0 Å². The van der Waals surface area contributed by atoms with Gasteiger partial charge in [-0.15, -0.1) is 0 Å². The fraction of sp³-hybridized carbons (Fsp3) is 0.400. The van der Waals surface area contributed by atoms with Crippen molar-refractivity contribution < 1.29 is 0 Å². The molecule has 0 bridgehead atoms. The van der Waals surface area contributed by atoms with E-state index in [1.165, 1.54) is 0 Å².